The predicted octanol–water partition coefficient (Wildman–Crippen LogP) is 2.45. The topological polar surface area (TPSA) is 34.1 Å². The number of aromatic nitrogens is 1. The summed E-state index contributed by atoms with van der Waals surface area (Å²) < 4.78 is 17.7. The Balaban J connectivity index is 2.53. The van der Waals surface area contributed by atoms with Crippen molar-refractivity contribution < 1.29 is 9.13 Å². The molecular weight excluding hydrogens is 195 g/mol. The van der Waals surface area contributed by atoms with Crippen molar-refractivity contribution >= 4 is 5.82 Å². The molecule has 0 aliphatic carbocycles. The number of hydrogen-bond acceptors (Lipinski definition) is 3. The van der Waals surface area contributed by atoms with Crippen LogP contribution in [0.2, 0.25) is 0 Å². The highest BCUT2D eigenvalue weighted by Gasteiger charge is 2.07. The highest BCUT2D eigenvalue weighted by Crippen LogP contribution is 2.08. The Morgan fingerprint density at radius 3 is 2.87 bits per heavy atom. The molecule has 0 aliphatic heterocycles. The molecule has 84 valence electrons. The smallest absolute Gasteiger partial charge is 0.141 e. The zero-order valence-corrected chi connectivity index (χ0v) is 9.16. The molecule has 1 unspecified atom stereocenters. The first-order chi connectivity index (χ1) is 7.26. The Kier molecular flexibility index (Phi) is 5.04. The van der Waals surface area contributed by atoms with E-state index >= 15 is 0 Å². The minimum atomic E-state index is -0.320. The average molecular weight is 212 g/mol. The quantitative estimate of drug-likeness (QED) is 0.786. The number of anilines is 1. The molecule has 1 heterocycles. The van der Waals surface area contributed by atoms with Gasteiger partial charge in [0.15, 0.2) is 0 Å². The number of hydrogen-bond donors (Lipinski definition) is 1. The Labute approximate surface area is 89.7 Å². The van der Waals surface area contributed by atoms with Crippen molar-refractivity contribution in [3.63, 3.8) is 0 Å². The molecule has 0 radical (unpaired) electrons. The molecule has 0 saturated heterocycles. The van der Waals surface area contributed by atoms with Gasteiger partial charge in [-0.1, -0.05) is 13.3 Å². The summed E-state index contributed by atoms with van der Waals surface area (Å²) in [7, 11) is 1.67. The number of methoxy groups -OCH3 is 1. The van der Waals surface area contributed by atoms with Crippen LogP contribution in [0.25, 0.3) is 0 Å². The fourth-order valence-electron chi connectivity index (χ4n) is 1.42. The van der Waals surface area contributed by atoms with Crippen LogP contribution in [-0.4, -0.2) is 24.7 Å². The van der Waals surface area contributed by atoms with E-state index in [1.165, 1.54) is 12.3 Å². The summed E-state index contributed by atoms with van der Waals surface area (Å²) in [6.07, 6.45) is 3.28. The molecule has 0 bridgehead atoms. The molecule has 0 fully saturated rings. The number of rotatable bonds is 6. The first-order valence-electron chi connectivity index (χ1n) is 5.13. The second kappa shape index (κ2) is 6.35. The first kappa shape index (κ1) is 11.9. The van der Waals surface area contributed by atoms with Crippen molar-refractivity contribution in [3.05, 3.63) is 24.1 Å². The van der Waals surface area contributed by atoms with Crippen LogP contribution >= 0.6 is 0 Å². The molecule has 0 aliphatic rings. The van der Waals surface area contributed by atoms with E-state index < -0.39 is 0 Å². The average Bonchev–Trinajstić information content (AvgIpc) is 2.22. The summed E-state index contributed by atoms with van der Waals surface area (Å²) in [5.41, 5.74) is 0. The number of ether oxygens (including phenoxy) is 1. The Bertz CT molecular complexity index is 270. The van der Waals surface area contributed by atoms with E-state index in [2.05, 4.69) is 17.2 Å². The van der Waals surface area contributed by atoms with Crippen molar-refractivity contribution in [2.24, 2.45) is 0 Å². The van der Waals surface area contributed by atoms with Crippen LogP contribution < -0.4 is 5.32 Å². The second-order valence-electron chi connectivity index (χ2n) is 3.45. The largest absolute Gasteiger partial charge is 0.383 e. The SMILES string of the molecule is CCCC(COC)Nc1ccc(F)cn1. The van der Waals surface area contributed by atoms with Crippen LogP contribution in [0, 0.1) is 5.82 Å². The maximum atomic E-state index is 12.6. The van der Waals surface area contributed by atoms with Gasteiger partial charge in [0.2, 0.25) is 0 Å². The Morgan fingerprint density at radius 1 is 1.53 bits per heavy atom. The van der Waals surface area contributed by atoms with Gasteiger partial charge >= 0.3 is 0 Å². The van der Waals surface area contributed by atoms with E-state index in [0.717, 1.165) is 12.8 Å². The third-order valence-electron chi connectivity index (χ3n) is 2.08. The number of nitrogens with one attached hydrogen (secondary N) is 1. The van der Waals surface area contributed by atoms with Crippen LogP contribution in [0.4, 0.5) is 10.2 Å². The Morgan fingerprint density at radius 2 is 2.33 bits per heavy atom. The zero-order chi connectivity index (χ0) is 11.1. The Hall–Kier alpha value is -1.16. The summed E-state index contributed by atoms with van der Waals surface area (Å²) in [6, 6.07) is 3.26. The van der Waals surface area contributed by atoms with E-state index in [4.69, 9.17) is 4.74 Å². The van der Waals surface area contributed by atoms with Crippen LogP contribution in [0.1, 0.15) is 19.8 Å². The number of pyridine rings is 1. The predicted molar refractivity (Wildman–Crippen MR) is 58.4 cm³/mol. The maximum Gasteiger partial charge on any atom is 0.141 e. The lowest BCUT2D eigenvalue weighted by atomic mass is 10.2. The molecule has 1 N–H and O–H groups in total. The maximum absolute atomic E-state index is 12.6. The summed E-state index contributed by atoms with van der Waals surface area (Å²) in [5, 5.41) is 3.21. The third-order valence-corrected chi connectivity index (χ3v) is 2.08. The van der Waals surface area contributed by atoms with Gasteiger partial charge in [-0.05, 0) is 18.6 Å². The van der Waals surface area contributed by atoms with Gasteiger partial charge in [-0.25, -0.2) is 9.37 Å². The van der Waals surface area contributed by atoms with E-state index in [1.807, 2.05) is 0 Å². The molecule has 0 aromatic carbocycles. The van der Waals surface area contributed by atoms with Crippen molar-refractivity contribution in [2.75, 3.05) is 19.0 Å². The highest BCUT2D eigenvalue weighted by molar-refractivity contribution is 5.34. The molecule has 1 aromatic heterocycles. The van der Waals surface area contributed by atoms with Gasteiger partial charge in [0, 0.05) is 7.11 Å². The van der Waals surface area contributed by atoms with Gasteiger partial charge in [-0.2, -0.15) is 0 Å². The van der Waals surface area contributed by atoms with E-state index in [0.29, 0.717) is 12.4 Å². The minimum absolute atomic E-state index is 0.234. The molecule has 0 amide bonds. The molecule has 1 atom stereocenters. The van der Waals surface area contributed by atoms with Gasteiger partial charge < -0.3 is 10.1 Å². The van der Waals surface area contributed by atoms with Crippen molar-refractivity contribution in [3.8, 4) is 0 Å². The standard InChI is InChI=1S/C11H17FN2O/c1-3-4-10(8-15-2)14-11-6-5-9(12)7-13-11/h5-7,10H,3-4,8H2,1-2H3,(H,13,14). The normalized spacial score (nSPS) is 12.5. The molecule has 0 saturated carbocycles. The summed E-state index contributed by atoms with van der Waals surface area (Å²) >= 11 is 0. The van der Waals surface area contributed by atoms with Crippen molar-refractivity contribution in [1.82, 2.24) is 4.98 Å². The number of nitrogens with zero attached hydrogens (tertiary/aromatic N) is 1. The molecule has 15 heavy (non-hydrogen) atoms. The molecule has 4 heteroatoms. The fourth-order valence-corrected chi connectivity index (χ4v) is 1.42. The zero-order valence-electron chi connectivity index (χ0n) is 9.16. The van der Waals surface area contributed by atoms with E-state index in [-0.39, 0.29) is 11.9 Å². The molecule has 0 spiro atoms. The highest BCUT2D eigenvalue weighted by atomic mass is 19.1. The molecule has 1 aromatic rings. The van der Waals surface area contributed by atoms with E-state index in [9.17, 15) is 4.39 Å². The molecular formula is C11H17FN2O. The van der Waals surface area contributed by atoms with Crippen molar-refractivity contribution in [2.45, 2.75) is 25.8 Å². The van der Waals surface area contributed by atoms with Gasteiger partial charge in [-0.3, -0.25) is 0 Å². The molecule has 1 rings (SSSR count). The summed E-state index contributed by atoms with van der Waals surface area (Å²) in [6.45, 7) is 2.75. The summed E-state index contributed by atoms with van der Waals surface area (Å²) in [5.74, 6) is 0.367. The van der Waals surface area contributed by atoms with Gasteiger partial charge in [0.05, 0.1) is 18.8 Å². The molecule has 3 nitrogen and oxygen atoms in total. The lowest BCUT2D eigenvalue weighted by Gasteiger charge is -2.17. The van der Waals surface area contributed by atoms with Crippen LogP contribution in [0.5, 0.6) is 0 Å². The lowest BCUT2D eigenvalue weighted by molar-refractivity contribution is 0.182. The van der Waals surface area contributed by atoms with Gasteiger partial charge in [0.25, 0.3) is 0 Å². The third kappa shape index (κ3) is 4.25. The van der Waals surface area contributed by atoms with E-state index in [1.54, 1.807) is 13.2 Å². The summed E-state index contributed by atoms with van der Waals surface area (Å²) in [4.78, 5) is 3.94. The van der Waals surface area contributed by atoms with Crippen LogP contribution in [0.3, 0.4) is 0 Å². The van der Waals surface area contributed by atoms with Gasteiger partial charge in [0.1, 0.15) is 11.6 Å². The second-order valence-corrected chi connectivity index (χ2v) is 3.45. The monoisotopic (exact) mass is 212 g/mol. The number of halogens is 1. The lowest BCUT2D eigenvalue weighted by Crippen LogP contribution is -2.25. The van der Waals surface area contributed by atoms with Gasteiger partial charge in [-0.15, -0.1) is 0 Å². The van der Waals surface area contributed by atoms with Crippen molar-refractivity contribution in [1.29, 1.82) is 0 Å². The van der Waals surface area contributed by atoms with Crippen LogP contribution in [0.15, 0.2) is 18.3 Å². The first-order valence-corrected chi connectivity index (χ1v) is 5.13. The fraction of sp³-hybridized carbons (Fsp3) is 0.545. The van der Waals surface area contributed by atoms with Crippen LogP contribution in [-0.2, 0) is 4.74 Å². The minimum Gasteiger partial charge on any atom is -0.383 e.